The van der Waals surface area contributed by atoms with E-state index in [1.165, 1.54) is 30.3 Å². The van der Waals surface area contributed by atoms with E-state index in [2.05, 4.69) is 0 Å². The molecule has 0 saturated heterocycles. The summed E-state index contributed by atoms with van der Waals surface area (Å²) < 4.78 is 27.0. The van der Waals surface area contributed by atoms with Gasteiger partial charge in [0.05, 0.1) is 16.1 Å². The van der Waals surface area contributed by atoms with Crippen molar-refractivity contribution in [2.24, 2.45) is 0 Å². The van der Waals surface area contributed by atoms with Crippen molar-refractivity contribution in [1.82, 2.24) is 0 Å². The molecular formula is C14H10Cl2F2O. The highest BCUT2D eigenvalue weighted by Crippen LogP contribution is 2.28. The Labute approximate surface area is 119 Å². The van der Waals surface area contributed by atoms with Gasteiger partial charge in [0, 0.05) is 12.0 Å². The third-order valence-electron chi connectivity index (χ3n) is 2.79. The van der Waals surface area contributed by atoms with Gasteiger partial charge >= 0.3 is 0 Å². The van der Waals surface area contributed by atoms with Crippen LogP contribution in [0.15, 0.2) is 36.4 Å². The molecule has 0 radical (unpaired) electrons. The lowest BCUT2D eigenvalue weighted by molar-refractivity contribution is 0.173. The Hall–Kier alpha value is -1.16. The van der Waals surface area contributed by atoms with Crippen LogP contribution in [0.3, 0.4) is 0 Å². The molecule has 0 aliphatic carbocycles. The quantitative estimate of drug-likeness (QED) is 0.882. The van der Waals surface area contributed by atoms with Crippen LogP contribution in [0.25, 0.3) is 0 Å². The van der Waals surface area contributed by atoms with Crippen LogP contribution in [0.2, 0.25) is 10.0 Å². The first-order valence-corrected chi connectivity index (χ1v) is 6.31. The molecule has 0 bridgehead atoms. The van der Waals surface area contributed by atoms with E-state index < -0.39 is 17.7 Å². The first-order valence-electron chi connectivity index (χ1n) is 5.55. The summed E-state index contributed by atoms with van der Waals surface area (Å²) in [6, 6.07) is 8.64. The molecule has 1 N–H and O–H groups in total. The van der Waals surface area contributed by atoms with Crippen molar-refractivity contribution < 1.29 is 13.9 Å². The van der Waals surface area contributed by atoms with Crippen LogP contribution in [0.1, 0.15) is 17.2 Å². The largest absolute Gasteiger partial charge is 0.388 e. The summed E-state index contributed by atoms with van der Waals surface area (Å²) in [6.07, 6.45) is -1.13. The summed E-state index contributed by atoms with van der Waals surface area (Å²) in [7, 11) is 0. The van der Waals surface area contributed by atoms with E-state index in [1.807, 2.05) is 0 Å². The SMILES string of the molecule is OC(Cc1cccc(F)c1Cl)c1cccc(Cl)c1F. The van der Waals surface area contributed by atoms with Crippen molar-refractivity contribution in [3.05, 3.63) is 69.2 Å². The number of hydrogen-bond acceptors (Lipinski definition) is 1. The fraction of sp³-hybridized carbons (Fsp3) is 0.143. The lowest BCUT2D eigenvalue weighted by atomic mass is 10.0. The molecule has 2 rings (SSSR count). The number of aliphatic hydroxyl groups is 1. The fourth-order valence-electron chi connectivity index (χ4n) is 1.80. The Bertz CT molecular complexity index is 602. The van der Waals surface area contributed by atoms with Crippen molar-refractivity contribution in [3.8, 4) is 0 Å². The molecule has 0 saturated carbocycles. The van der Waals surface area contributed by atoms with Gasteiger partial charge in [-0.25, -0.2) is 8.78 Å². The zero-order valence-electron chi connectivity index (χ0n) is 9.71. The highest BCUT2D eigenvalue weighted by molar-refractivity contribution is 6.31. The molecule has 1 atom stereocenters. The molecule has 0 heterocycles. The molecule has 0 aliphatic rings. The molecule has 0 aromatic heterocycles. The van der Waals surface area contributed by atoms with Crippen molar-refractivity contribution in [2.45, 2.75) is 12.5 Å². The molecule has 2 aromatic rings. The van der Waals surface area contributed by atoms with E-state index in [9.17, 15) is 13.9 Å². The summed E-state index contributed by atoms with van der Waals surface area (Å²) in [5.74, 6) is -1.25. The van der Waals surface area contributed by atoms with Crippen molar-refractivity contribution in [3.63, 3.8) is 0 Å². The minimum Gasteiger partial charge on any atom is -0.388 e. The standard InChI is InChI=1S/C14H10Cl2F2O/c15-10-5-2-4-9(14(10)18)12(19)7-8-3-1-6-11(17)13(8)16/h1-6,12,19H,7H2. The van der Waals surface area contributed by atoms with Gasteiger partial charge < -0.3 is 5.11 Å². The van der Waals surface area contributed by atoms with Gasteiger partial charge in [0.1, 0.15) is 11.6 Å². The summed E-state index contributed by atoms with van der Waals surface area (Å²) >= 11 is 11.4. The first-order chi connectivity index (χ1) is 9.00. The molecule has 1 nitrogen and oxygen atoms in total. The van der Waals surface area contributed by atoms with Crippen molar-refractivity contribution >= 4 is 23.2 Å². The lowest BCUT2D eigenvalue weighted by Crippen LogP contribution is -2.05. The van der Waals surface area contributed by atoms with Crippen LogP contribution in [0.4, 0.5) is 8.78 Å². The Kier molecular flexibility index (Phi) is 4.40. The minimum absolute atomic E-state index is 0.00779. The maximum atomic E-state index is 13.7. The van der Waals surface area contributed by atoms with Crippen LogP contribution >= 0.6 is 23.2 Å². The number of hydrogen-bond donors (Lipinski definition) is 1. The number of benzene rings is 2. The Balaban J connectivity index is 2.28. The number of halogens is 4. The third-order valence-corrected chi connectivity index (χ3v) is 3.50. The van der Waals surface area contributed by atoms with Gasteiger partial charge in [-0.15, -0.1) is 0 Å². The Morgan fingerprint density at radius 2 is 1.74 bits per heavy atom. The number of aliphatic hydroxyl groups excluding tert-OH is 1. The second-order valence-electron chi connectivity index (χ2n) is 4.08. The van der Waals surface area contributed by atoms with Gasteiger partial charge in [0.15, 0.2) is 0 Å². The first kappa shape index (κ1) is 14.3. The highest BCUT2D eigenvalue weighted by atomic mass is 35.5. The molecular weight excluding hydrogens is 293 g/mol. The average molecular weight is 303 g/mol. The maximum absolute atomic E-state index is 13.7. The normalized spacial score (nSPS) is 12.5. The summed E-state index contributed by atoms with van der Waals surface area (Å²) in [5.41, 5.74) is 0.473. The van der Waals surface area contributed by atoms with Crippen LogP contribution in [-0.2, 0) is 6.42 Å². The molecule has 5 heteroatoms. The van der Waals surface area contributed by atoms with Crippen LogP contribution in [0, 0.1) is 11.6 Å². The maximum Gasteiger partial charge on any atom is 0.147 e. The molecule has 2 aromatic carbocycles. The summed E-state index contributed by atoms with van der Waals surface area (Å²) in [4.78, 5) is 0. The zero-order valence-corrected chi connectivity index (χ0v) is 11.2. The predicted octanol–water partition coefficient (Wildman–Crippen LogP) is 4.55. The van der Waals surface area contributed by atoms with Gasteiger partial charge in [-0.1, -0.05) is 47.5 Å². The van der Waals surface area contributed by atoms with E-state index in [-0.39, 0.29) is 22.0 Å². The van der Waals surface area contributed by atoms with Crippen LogP contribution in [0.5, 0.6) is 0 Å². The van der Waals surface area contributed by atoms with Gasteiger partial charge in [-0.2, -0.15) is 0 Å². The van der Waals surface area contributed by atoms with E-state index in [4.69, 9.17) is 23.2 Å². The second kappa shape index (κ2) is 5.87. The molecule has 1 unspecified atom stereocenters. The molecule has 0 aliphatic heterocycles. The van der Waals surface area contributed by atoms with Gasteiger partial charge in [0.2, 0.25) is 0 Å². The minimum atomic E-state index is -1.14. The van der Waals surface area contributed by atoms with Gasteiger partial charge in [-0.3, -0.25) is 0 Å². The zero-order chi connectivity index (χ0) is 14.0. The Morgan fingerprint density at radius 1 is 1.05 bits per heavy atom. The number of rotatable bonds is 3. The van der Waals surface area contributed by atoms with E-state index in [1.54, 1.807) is 6.07 Å². The molecule has 0 fully saturated rings. The highest BCUT2D eigenvalue weighted by Gasteiger charge is 2.17. The lowest BCUT2D eigenvalue weighted by Gasteiger charge is -2.13. The fourth-order valence-corrected chi connectivity index (χ4v) is 2.19. The molecule has 100 valence electrons. The van der Waals surface area contributed by atoms with Gasteiger partial charge in [0.25, 0.3) is 0 Å². The van der Waals surface area contributed by atoms with E-state index >= 15 is 0 Å². The monoisotopic (exact) mass is 302 g/mol. The third kappa shape index (κ3) is 3.06. The van der Waals surface area contributed by atoms with Crippen LogP contribution in [-0.4, -0.2) is 5.11 Å². The van der Waals surface area contributed by atoms with E-state index in [0.717, 1.165) is 0 Å². The molecule has 0 amide bonds. The van der Waals surface area contributed by atoms with Crippen molar-refractivity contribution in [2.75, 3.05) is 0 Å². The van der Waals surface area contributed by atoms with Crippen molar-refractivity contribution in [1.29, 1.82) is 0 Å². The topological polar surface area (TPSA) is 20.2 Å². The summed E-state index contributed by atoms with van der Waals surface area (Å²) in [5, 5.41) is 9.88. The molecule has 19 heavy (non-hydrogen) atoms. The van der Waals surface area contributed by atoms with Gasteiger partial charge in [-0.05, 0) is 17.7 Å². The Morgan fingerprint density at radius 3 is 2.47 bits per heavy atom. The molecule has 0 spiro atoms. The predicted molar refractivity (Wildman–Crippen MR) is 71.5 cm³/mol. The average Bonchev–Trinajstić information content (AvgIpc) is 2.38. The van der Waals surface area contributed by atoms with E-state index in [0.29, 0.717) is 5.56 Å². The van der Waals surface area contributed by atoms with Crippen LogP contribution < -0.4 is 0 Å². The smallest absolute Gasteiger partial charge is 0.147 e. The second-order valence-corrected chi connectivity index (χ2v) is 4.86. The summed E-state index contributed by atoms with van der Waals surface area (Å²) in [6.45, 7) is 0.